The third-order valence-electron chi connectivity index (χ3n) is 3.20. The Kier molecular flexibility index (Phi) is 2.95. The van der Waals surface area contributed by atoms with E-state index >= 15 is 0 Å². The molecule has 0 radical (unpaired) electrons. The summed E-state index contributed by atoms with van der Waals surface area (Å²) < 4.78 is 19.5. The summed E-state index contributed by atoms with van der Waals surface area (Å²) in [7, 11) is 0. The molecule has 1 unspecified atom stereocenters. The van der Waals surface area contributed by atoms with Crippen molar-refractivity contribution >= 4 is 26.7 Å². The van der Waals surface area contributed by atoms with Crippen LogP contribution in [0.4, 0.5) is 9.52 Å². The van der Waals surface area contributed by atoms with E-state index in [9.17, 15) is 4.39 Å². The van der Waals surface area contributed by atoms with Crippen LogP contribution in [0, 0.1) is 5.82 Å². The molecule has 0 aliphatic carbocycles. The molecule has 1 fully saturated rings. The van der Waals surface area contributed by atoms with Gasteiger partial charge in [-0.05, 0) is 38.0 Å². The number of anilines is 1. The number of nitrogens with zero attached hydrogens (tertiary/aromatic N) is 1. The van der Waals surface area contributed by atoms with Crippen LogP contribution in [-0.4, -0.2) is 23.7 Å². The van der Waals surface area contributed by atoms with Crippen LogP contribution < -0.4 is 5.32 Å². The Bertz CT molecular complexity index is 563. The number of nitrogens with one attached hydrogen (secondary N) is 1. The lowest BCUT2D eigenvalue weighted by Gasteiger charge is -2.34. The summed E-state index contributed by atoms with van der Waals surface area (Å²) in [5, 5.41) is 4.26. The molecule has 1 aliphatic rings. The number of hydrogen-bond acceptors (Lipinski definition) is 4. The fourth-order valence-corrected chi connectivity index (χ4v) is 3.28. The van der Waals surface area contributed by atoms with Gasteiger partial charge >= 0.3 is 0 Å². The molecule has 0 bridgehead atoms. The van der Waals surface area contributed by atoms with Crippen molar-refractivity contribution in [2.75, 3.05) is 18.5 Å². The van der Waals surface area contributed by atoms with Crippen LogP contribution in [0.2, 0.25) is 0 Å². The van der Waals surface area contributed by atoms with E-state index in [2.05, 4.69) is 17.2 Å². The molecule has 0 saturated carbocycles. The SMILES string of the molecule is CC1(Nc2nc3ccc(F)cc3s2)CCCOC1. The largest absolute Gasteiger partial charge is 0.379 e. The summed E-state index contributed by atoms with van der Waals surface area (Å²) in [4.78, 5) is 4.48. The highest BCUT2D eigenvalue weighted by molar-refractivity contribution is 7.22. The standard InChI is InChI=1S/C13H15FN2OS/c1-13(5-2-6-17-8-13)16-12-15-10-4-3-9(14)7-11(10)18-12/h3-4,7H,2,5-6,8H2,1H3,(H,15,16). The van der Waals surface area contributed by atoms with Crippen LogP contribution >= 0.6 is 11.3 Å². The Balaban J connectivity index is 1.86. The summed E-state index contributed by atoms with van der Waals surface area (Å²) in [6, 6.07) is 4.68. The van der Waals surface area contributed by atoms with Crippen LogP contribution in [0.3, 0.4) is 0 Å². The number of aromatic nitrogens is 1. The molecule has 1 atom stereocenters. The molecular formula is C13H15FN2OS. The summed E-state index contributed by atoms with van der Waals surface area (Å²) >= 11 is 1.49. The first-order valence-electron chi connectivity index (χ1n) is 6.07. The fourth-order valence-electron chi connectivity index (χ4n) is 2.24. The maximum Gasteiger partial charge on any atom is 0.184 e. The fraction of sp³-hybridized carbons (Fsp3) is 0.462. The van der Waals surface area contributed by atoms with Crippen LogP contribution in [-0.2, 0) is 4.74 Å². The number of thiazole rings is 1. The van der Waals surface area contributed by atoms with Crippen molar-refractivity contribution in [3.05, 3.63) is 24.0 Å². The highest BCUT2D eigenvalue weighted by Gasteiger charge is 2.28. The minimum atomic E-state index is -0.218. The van der Waals surface area contributed by atoms with Gasteiger partial charge in [0.15, 0.2) is 5.13 Å². The van der Waals surface area contributed by atoms with E-state index in [4.69, 9.17) is 4.74 Å². The maximum atomic E-state index is 13.1. The molecule has 1 N–H and O–H groups in total. The Morgan fingerprint density at radius 3 is 3.17 bits per heavy atom. The van der Waals surface area contributed by atoms with Gasteiger partial charge in [-0.25, -0.2) is 9.37 Å². The molecule has 1 aromatic heterocycles. The third kappa shape index (κ3) is 2.33. The van der Waals surface area contributed by atoms with E-state index in [1.807, 2.05) is 0 Å². The molecule has 1 saturated heterocycles. The molecule has 3 nitrogen and oxygen atoms in total. The van der Waals surface area contributed by atoms with Crippen molar-refractivity contribution in [1.29, 1.82) is 0 Å². The lowest BCUT2D eigenvalue weighted by Crippen LogP contribution is -2.42. The van der Waals surface area contributed by atoms with Gasteiger partial charge in [-0.15, -0.1) is 0 Å². The van der Waals surface area contributed by atoms with E-state index in [1.54, 1.807) is 6.07 Å². The van der Waals surface area contributed by atoms with Crippen molar-refractivity contribution in [3.8, 4) is 0 Å². The quantitative estimate of drug-likeness (QED) is 0.904. The monoisotopic (exact) mass is 266 g/mol. The molecule has 18 heavy (non-hydrogen) atoms. The summed E-state index contributed by atoms with van der Waals surface area (Å²) in [6.45, 7) is 3.67. The summed E-state index contributed by atoms with van der Waals surface area (Å²) in [6.07, 6.45) is 2.13. The number of fused-ring (bicyclic) bond motifs is 1. The Morgan fingerprint density at radius 1 is 1.50 bits per heavy atom. The van der Waals surface area contributed by atoms with Crippen molar-refractivity contribution in [2.45, 2.75) is 25.3 Å². The first kappa shape index (κ1) is 11.9. The number of halogens is 1. The molecule has 2 aromatic rings. The van der Waals surface area contributed by atoms with Gasteiger partial charge in [-0.2, -0.15) is 0 Å². The number of rotatable bonds is 2. The van der Waals surface area contributed by atoms with Crippen LogP contribution in [0.25, 0.3) is 10.2 Å². The van der Waals surface area contributed by atoms with Gasteiger partial charge in [0.25, 0.3) is 0 Å². The Hall–Kier alpha value is -1.20. The highest BCUT2D eigenvalue weighted by atomic mass is 32.1. The number of benzene rings is 1. The van der Waals surface area contributed by atoms with Gasteiger partial charge in [-0.1, -0.05) is 11.3 Å². The van der Waals surface area contributed by atoms with E-state index in [0.717, 1.165) is 34.8 Å². The van der Waals surface area contributed by atoms with E-state index in [-0.39, 0.29) is 11.4 Å². The number of hydrogen-bond donors (Lipinski definition) is 1. The Labute approximate surface area is 109 Å². The maximum absolute atomic E-state index is 13.1. The number of ether oxygens (including phenoxy) is 1. The van der Waals surface area contributed by atoms with Crippen molar-refractivity contribution in [1.82, 2.24) is 4.98 Å². The van der Waals surface area contributed by atoms with Crippen molar-refractivity contribution < 1.29 is 9.13 Å². The van der Waals surface area contributed by atoms with Crippen LogP contribution in [0.15, 0.2) is 18.2 Å². The molecule has 5 heteroatoms. The van der Waals surface area contributed by atoms with Gasteiger partial charge in [-0.3, -0.25) is 0 Å². The topological polar surface area (TPSA) is 34.2 Å². The second kappa shape index (κ2) is 4.48. The van der Waals surface area contributed by atoms with Crippen LogP contribution in [0.5, 0.6) is 0 Å². The summed E-state index contributed by atoms with van der Waals surface area (Å²) in [5.74, 6) is -0.218. The zero-order valence-electron chi connectivity index (χ0n) is 10.2. The third-order valence-corrected chi connectivity index (χ3v) is 4.13. The molecule has 0 amide bonds. The average Bonchev–Trinajstić information content (AvgIpc) is 2.70. The predicted octanol–water partition coefficient (Wildman–Crippen LogP) is 3.42. The second-order valence-corrected chi connectivity index (χ2v) is 6.00. The zero-order valence-corrected chi connectivity index (χ0v) is 11.0. The molecule has 1 aliphatic heterocycles. The van der Waals surface area contributed by atoms with Gasteiger partial charge in [0.2, 0.25) is 0 Å². The Morgan fingerprint density at radius 2 is 2.39 bits per heavy atom. The molecule has 1 aromatic carbocycles. The van der Waals surface area contributed by atoms with Crippen LogP contribution in [0.1, 0.15) is 19.8 Å². The minimum absolute atomic E-state index is 0.0648. The van der Waals surface area contributed by atoms with Gasteiger partial charge in [0, 0.05) is 6.61 Å². The molecule has 96 valence electrons. The average molecular weight is 266 g/mol. The highest BCUT2D eigenvalue weighted by Crippen LogP contribution is 2.30. The molecule has 3 rings (SSSR count). The first-order chi connectivity index (χ1) is 8.65. The molecular weight excluding hydrogens is 251 g/mol. The van der Waals surface area contributed by atoms with Crippen molar-refractivity contribution in [2.24, 2.45) is 0 Å². The van der Waals surface area contributed by atoms with Gasteiger partial charge < -0.3 is 10.1 Å². The van der Waals surface area contributed by atoms with E-state index < -0.39 is 0 Å². The summed E-state index contributed by atoms with van der Waals surface area (Å²) in [5.41, 5.74) is 0.772. The van der Waals surface area contributed by atoms with Gasteiger partial charge in [0.1, 0.15) is 5.82 Å². The molecule has 0 spiro atoms. The predicted molar refractivity (Wildman–Crippen MR) is 71.7 cm³/mol. The van der Waals surface area contributed by atoms with E-state index in [1.165, 1.54) is 23.5 Å². The minimum Gasteiger partial charge on any atom is -0.379 e. The lowest BCUT2D eigenvalue weighted by molar-refractivity contribution is 0.0540. The smallest absolute Gasteiger partial charge is 0.184 e. The zero-order chi connectivity index (χ0) is 12.6. The normalized spacial score (nSPS) is 24.3. The van der Waals surface area contributed by atoms with E-state index in [0.29, 0.717) is 6.61 Å². The van der Waals surface area contributed by atoms with Crippen molar-refractivity contribution in [3.63, 3.8) is 0 Å². The molecule has 2 heterocycles. The second-order valence-electron chi connectivity index (χ2n) is 4.97. The lowest BCUT2D eigenvalue weighted by atomic mass is 9.95. The van der Waals surface area contributed by atoms with Gasteiger partial charge in [0.05, 0.1) is 22.4 Å². The first-order valence-corrected chi connectivity index (χ1v) is 6.88.